The first-order chi connectivity index (χ1) is 23.3. The third kappa shape index (κ3) is 3.82. The normalized spacial score (nSPS) is 13.6. The average molecular weight is 619 g/mol. The Morgan fingerprint density at radius 2 is 1.11 bits per heavy atom. The molecule has 0 unspecified atom stereocenters. The number of aromatic nitrogens is 2. The van der Waals surface area contributed by atoms with Gasteiger partial charge in [-0.15, -0.1) is 0 Å². The maximum Gasteiger partial charge on any atom is 0.160 e. The van der Waals surface area contributed by atoms with Gasteiger partial charge in [-0.2, -0.15) is 0 Å². The van der Waals surface area contributed by atoms with Crippen molar-refractivity contribution in [3.8, 4) is 45.0 Å². The molecule has 47 heavy (non-hydrogen) atoms. The van der Waals surface area contributed by atoms with Gasteiger partial charge in [0.2, 0.25) is 0 Å². The zero-order valence-corrected chi connectivity index (χ0v) is 26.0. The number of fused-ring (bicyclic) bond motifs is 11. The topological polar surface area (TPSA) is 38.9 Å². The Morgan fingerprint density at radius 3 is 1.83 bits per heavy atom. The Balaban J connectivity index is 1.27. The highest BCUT2D eigenvalue weighted by atomic mass is 32.2. The third-order valence-electron chi connectivity index (χ3n) is 9.66. The van der Waals surface area contributed by atoms with E-state index in [0.717, 1.165) is 39.0 Å². The van der Waals surface area contributed by atoms with Crippen LogP contribution in [0.25, 0.3) is 56.0 Å². The summed E-state index contributed by atoms with van der Waals surface area (Å²) in [6.07, 6.45) is 1.81. The van der Waals surface area contributed by atoms with E-state index in [1.54, 1.807) is 6.26 Å². The van der Waals surface area contributed by atoms with Crippen molar-refractivity contribution in [3.05, 3.63) is 180 Å². The number of rotatable bonds is 3. The van der Waals surface area contributed by atoms with Crippen LogP contribution in [0.1, 0.15) is 22.3 Å². The lowest BCUT2D eigenvalue weighted by Gasteiger charge is -2.39. The lowest BCUT2D eigenvalue weighted by Crippen LogP contribution is -2.31. The van der Waals surface area contributed by atoms with Gasteiger partial charge < -0.3 is 4.42 Å². The molecule has 3 heterocycles. The molecule has 3 nitrogen and oxygen atoms in total. The van der Waals surface area contributed by atoms with Gasteiger partial charge in [0.05, 0.1) is 23.1 Å². The number of nitrogens with zero attached hydrogens (tertiary/aromatic N) is 2. The monoisotopic (exact) mass is 618 g/mol. The minimum Gasteiger partial charge on any atom is -0.464 e. The molecule has 0 radical (unpaired) electrons. The molecule has 0 saturated heterocycles. The fourth-order valence-electron chi connectivity index (χ4n) is 7.67. The second-order valence-corrected chi connectivity index (χ2v) is 13.2. The fraction of sp³-hybridized carbons (Fsp3) is 0.0233. The molecule has 0 bridgehead atoms. The van der Waals surface area contributed by atoms with Gasteiger partial charge in [-0.1, -0.05) is 127 Å². The highest BCUT2D eigenvalue weighted by Gasteiger charge is 2.50. The van der Waals surface area contributed by atoms with E-state index >= 15 is 0 Å². The molecule has 2 aromatic heterocycles. The molecule has 1 aliphatic heterocycles. The molecule has 0 atom stereocenters. The summed E-state index contributed by atoms with van der Waals surface area (Å²) in [6, 6.07) is 54.0. The van der Waals surface area contributed by atoms with Crippen LogP contribution in [0.4, 0.5) is 0 Å². The Bertz CT molecular complexity index is 2400. The molecule has 220 valence electrons. The molecule has 0 saturated carbocycles. The van der Waals surface area contributed by atoms with Crippen molar-refractivity contribution in [2.45, 2.75) is 15.2 Å². The van der Waals surface area contributed by atoms with Gasteiger partial charge in [-0.25, -0.2) is 9.97 Å². The molecule has 8 aromatic rings. The van der Waals surface area contributed by atoms with Crippen molar-refractivity contribution in [1.29, 1.82) is 0 Å². The summed E-state index contributed by atoms with van der Waals surface area (Å²) in [7, 11) is 0. The Morgan fingerprint density at radius 1 is 0.489 bits per heavy atom. The van der Waals surface area contributed by atoms with Crippen molar-refractivity contribution in [1.82, 2.24) is 9.97 Å². The number of hydrogen-bond acceptors (Lipinski definition) is 4. The van der Waals surface area contributed by atoms with Crippen molar-refractivity contribution >= 4 is 22.7 Å². The maximum absolute atomic E-state index is 5.99. The predicted octanol–water partition coefficient (Wildman–Crippen LogP) is 11.1. The minimum absolute atomic E-state index is 0.455. The van der Waals surface area contributed by atoms with Gasteiger partial charge in [0, 0.05) is 31.9 Å². The smallest absolute Gasteiger partial charge is 0.160 e. The van der Waals surface area contributed by atoms with E-state index in [1.807, 2.05) is 36.0 Å². The summed E-state index contributed by atoms with van der Waals surface area (Å²) in [5.41, 5.74) is 13.0. The van der Waals surface area contributed by atoms with E-state index in [4.69, 9.17) is 14.4 Å². The van der Waals surface area contributed by atoms with Gasteiger partial charge >= 0.3 is 0 Å². The molecule has 10 rings (SSSR count). The van der Waals surface area contributed by atoms with Crippen molar-refractivity contribution < 1.29 is 4.42 Å². The summed E-state index contributed by atoms with van der Waals surface area (Å²) in [5.74, 6) is 0.712. The molecule has 1 aliphatic carbocycles. The quantitative estimate of drug-likeness (QED) is 0.197. The summed E-state index contributed by atoms with van der Waals surface area (Å²) in [6.45, 7) is 0. The van der Waals surface area contributed by atoms with Crippen molar-refractivity contribution in [3.63, 3.8) is 0 Å². The zero-order chi connectivity index (χ0) is 31.0. The van der Waals surface area contributed by atoms with Gasteiger partial charge in [0.15, 0.2) is 5.82 Å². The van der Waals surface area contributed by atoms with Crippen LogP contribution in [0.5, 0.6) is 0 Å². The summed E-state index contributed by atoms with van der Waals surface area (Å²) in [5, 5.41) is 1.13. The first kappa shape index (κ1) is 26.5. The highest BCUT2D eigenvalue weighted by Crippen LogP contribution is 2.63. The van der Waals surface area contributed by atoms with Gasteiger partial charge in [0.1, 0.15) is 5.58 Å². The van der Waals surface area contributed by atoms with E-state index in [0.29, 0.717) is 5.82 Å². The fourth-order valence-corrected chi connectivity index (χ4v) is 8.86. The first-order valence-corrected chi connectivity index (χ1v) is 16.6. The molecule has 6 aromatic carbocycles. The van der Waals surface area contributed by atoms with Gasteiger partial charge in [0.25, 0.3) is 0 Å². The highest BCUT2D eigenvalue weighted by molar-refractivity contribution is 7.99. The van der Waals surface area contributed by atoms with Crippen LogP contribution in [-0.2, 0) is 5.41 Å². The van der Waals surface area contributed by atoms with Gasteiger partial charge in [-0.3, -0.25) is 0 Å². The molecule has 0 amide bonds. The number of furan rings is 1. The van der Waals surface area contributed by atoms with Crippen LogP contribution >= 0.6 is 11.8 Å². The van der Waals surface area contributed by atoms with Crippen LogP contribution in [0.15, 0.2) is 172 Å². The second kappa shape index (κ2) is 10.1. The van der Waals surface area contributed by atoms with Crippen LogP contribution in [-0.4, -0.2) is 9.97 Å². The predicted molar refractivity (Wildman–Crippen MR) is 190 cm³/mol. The number of benzene rings is 6. The Kier molecular flexibility index (Phi) is 5.72. The molecule has 0 fully saturated rings. The molecule has 0 N–H and O–H groups in total. The second-order valence-electron chi connectivity index (χ2n) is 12.1. The molecule has 1 spiro atoms. The van der Waals surface area contributed by atoms with E-state index in [2.05, 4.69) is 127 Å². The van der Waals surface area contributed by atoms with Crippen LogP contribution < -0.4 is 0 Å². The average Bonchev–Trinajstić information content (AvgIpc) is 3.74. The molecule has 4 heteroatoms. The van der Waals surface area contributed by atoms with Crippen molar-refractivity contribution in [2.75, 3.05) is 0 Å². The Hall–Kier alpha value is -5.71. The lowest BCUT2D eigenvalue weighted by atomic mass is 9.67. The Labute approximate surface area is 276 Å². The van der Waals surface area contributed by atoms with Crippen molar-refractivity contribution in [2.24, 2.45) is 0 Å². The minimum atomic E-state index is -0.455. The standard InChI is InChI=1S/C43H26N2OS/c1-3-11-27(12-4-1)36-26-37(45-42(44-36)28-13-5-2-6-14-28)29-19-20-32-31(25-29)41-30-23-24-46-38(30)22-21-35(41)43(32)33-15-7-9-17-39(33)47-40-18-10-8-16-34(40)43/h1-26H. The molecular weight excluding hydrogens is 593 g/mol. The largest absolute Gasteiger partial charge is 0.464 e. The first-order valence-electron chi connectivity index (χ1n) is 15.8. The third-order valence-corrected chi connectivity index (χ3v) is 10.8. The van der Waals surface area contributed by atoms with E-state index in [1.165, 1.54) is 43.2 Å². The van der Waals surface area contributed by atoms with Crippen LogP contribution in [0.3, 0.4) is 0 Å². The lowest BCUT2D eigenvalue weighted by molar-refractivity contribution is 0.615. The summed E-state index contributed by atoms with van der Waals surface area (Å²) in [4.78, 5) is 12.8. The summed E-state index contributed by atoms with van der Waals surface area (Å²) >= 11 is 1.86. The van der Waals surface area contributed by atoms with Crippen LogP contribution in [0, 0.1) is 0 Å². The summed E-state index contributed by atoms with van der Waals surface area (Å²) < 4.78 is 5.99. The van der Waals surface area contributed by atoms with Gasteiger partial charge in [-0.05, 0) is 69.8 Å². The zero-order valence-electron chi connectivity index (χ0n) is 25.2. The number of hydrogen-bond donors (Lipinski definition) is 0. The SMILES string of the molecule is c1ccc(-c2cc(-c3ccc4c(c3)-c3c(ccc5occc35)C43c4ccccc4Sc4ccccc43)nc(-c3ccccc3)n2)cc1. The molecule has 2 aliphatic rings. The molecular formula is C43H26N2OS. The maximum atomic E-state index is 5.99. The van der Waals surface area contributed by atoms with Crippen LogP contribution in [0.2, 0.25) is 0 Å². The van der Waals surface area contributed by atoms with E-state index in [-0.39, 0.29) is 0 Å². The van der Waals surface area contributed by atoms with E-state index < -0.39 is 5.41 Å². The van der Waals surface area contributed by atoms with E-state index in [9.17, 15) is 0 Å².